The SMILES string of the molecule is CNCC1CCCCN1S(=O)(=O)c1cccc([N+](=O)[O-])c1. The fourth-order valence-electron chi connectivity index (χ4n) is 2.62. The van der Waals surface area contributed by atoms with Crippen molar-refractivity contribution in [2.75, 3.05) is 20.1 Å². The number of rotatable bonds is 5. The molecule has 0 spiro atoms. The monoisotopic (exact) mass is 313 g/mol. The van der Waals surface area contributed by atoms with Crippen LogP contribution in [0.3, 0.4) is 0 Å². The Hall–Kier alpha value is -1.51. The maximum atomic E-state index is 12.7. The van der Waals surface area contributed by atoms with Crippen LogP contribution in [0.1, 0.15) is 19.3 Å². The zero-order chi connectivity index (χ0) is 15.5. The minimum absolute atomic E-state index is 0.0142. The highest BCUT2D eigenvalue weighted by molar-refractivity contribution is 7.89. The van der Waals surface area contributed by atoms with E-state index < -0.39 is 14.9 Å². The van der Waals surface area contributed by atoms with E-state index in [2.05, 4.69) is 5.32 Å². The highest BCUT2D eigenvalue weighted by Crippen LogP contribution is 2.26. The van der Waals surface area contributed by atoms with Gasteiger partial charge in [0.2, 0.25) is 10.0 Å². The van der Waals surface area contributed by atoms with Gasteiger partial charge in [-0.3, -0.25) is 10.1 Å². The predicted octanol–water partition coefficient (Wildman–Crippen LogP) is 1.36. The van der Waals surface area contributed by atoms with Crippen LogP contribution in [0.5, 0.6) is 0 Å². The van der Waals surface area contributed by atoms with Gasteiger partial charge in [-0.15, -0.1) is 0 Å². The van der Waals surface area contributed by atoms with Crippen molar-refractivity contribution in [2.45, 2.75) is 30.2 Å². The number of likely N-dealkylation sites (N-methyl/N-ethyl adjacent to an activating group) is 1. The fourth-order valence-corrected chi connectivity index (χ4v) is 4.36. The van der Waals surface area contributed by atoms with Crippen molar-refractivity contribution in [3.05, 3.63) is 34.4 Å². The molecule has 1 N–H and O–H groups in total. The number of sulfonamides is 1. The number of hydrogen-bond acceptors (Lipinski definition) is 5. The molecule has 7 nitrogen and oxygen atoms in total. The average molecular weight is 313 g/mol. The summed E-state index contributed by atoms with van der Waals surface area (Å²) in [5.74, 6) is 0. The Kier molecular flexibility index (Phi) is 4.92. The normalized spacial score (nSPS) is 20.3. The van der Waals surface area contributed by atoms with Gasteiger partial charge in [0.1, 0.15) is 0 Å². The molecule has 1 unspecified atom stereocenters. The van der Waals surface area contributed by atoms with Crippen LogP contribution in [-0.4, -0.2) is 43.8 Å². The first kappa shape index (κ1) is 15.9. The number of non-ortho nitro benzene ring substituents is 1. The molecule has 0 aliphatic carbocycles. The largest absolute Gasteiger partial charge is 0.318 e. The van der Waals surface area contributed by atoms with E-state index in [0.29, 0.717) is 13.1 Å². The van der Waals surface area contributed by atoms with E-state index in [0.717, 1.165) is 25.3 Å². The smallest absolute Gasteiger partial charge is 0.270 e. The summed E-state index contributed by atoms with van der Waals surface area (Å²) in [7, 11) is -1.92. The first-order valence-corrected chi connectivity index (χ1v) is 8.31. The molecule has 1 atom stereocenters. The van der Waals surface area contributed by atoms with E-state index in [9.17, 15) is 18.5 Å². The Labute approximate surface area is 124 Å². The Morgan fingerprint density at radius 1 is 1.43 bits per heavy atom. The van der Waals surface area contributed by atoms with E-state index in [1.165, 1.54) is 22.5 Å². The van der Waals surface area contributed by atoms with Crippen LogP contribution in [0.25, 0.3) is 0 Å². The molecule has 1 heterocycles. The van der Waals surface area contributed by atoms with Crippen LogP contribution in [0.4, 0.5) is 5.69 Å². The highest BCUT2D eigenvalue weighted by atomic mass is 32.2. The molecule has 1 aromatic rings. The number of nitrogens with one attached hydrogen (secondary N) is 1. The van der Waals surface area contributed by atoms with E-state index in [4.69, 9.17) is 0 Å². The Morgan fingerprint density at radius 2 is 2.19 bits per heavy atom. The van der Waals surface area contributed by atoms with Gasteiger partial charge >= 0.3 is 0 Å². The molecule has 0 bridgehead atoms. The van der Waals surface area contributed by atoms with Gasteiger partial charge < -0.3 is 5.32 Å². The number of nitro groups is 1. The van der Waals surface area contributed by atoms with Gasteiger partial charge in [0.15, 0.2) is 0 Å². The first-order valence-electron chi connectivity index (χ1n) is 6.87. The zero-order valence-corrected chi connectivity index (χ0v) is 12.7. The molecular weight excluding hydrogens is 294 g/mol. The summed E-state index contributed by atoms with van der Waals surface area (Å²) in [5, 5.41) is 13.8. The topological polar surface area (TPSA) is 92.6 Å². The lowest BCUT2D eigenvalue weighted by atomic mass is 10.1. The summed E-state index contributed by atoms with van der Waals surface area (Å²) in [5.41, 5.74) is -0.210. The molecule has 1 aliphatic rings. The number of hydrogen-bond donors (Lipinski definition) is 1. The van der Waals surface area contributed by atoms with Gasteiger partial charge in [0.05, 0.1) is 9.82 Å². The van der Waals surface area contributed by atoms with Crippen molar-refractivity contribution in [1.82, 2.24) is 9.62 Å². The summed E-state index contributed by atoms with van der Waals surface area (Å²) in [6.07, 6.45) is 2.61. The lowest BCUT2D eigenvalue weighted by Crippen LogP contribution is -2.47. The summed E-state index contributed by atoms with van der Waals surface area (Å²) >= 11 is 0. The standard InChI is InChI=1S/C13H19N3O4S/c1-14-10-12-5-2-3-8-15(12)21(19,20)13-7-4-6-11(9-13)16(17)18/h4,6-7,9,12,14H,2-3,5,8,10H2,1H3. The summed E-state index contributed by atoms with van der Waals surface area (Å²) in [4.78, 5) is 10.2. The minimum atomic E-state index is -3.70. The molecule has 8 heteroatoms. The lowest BCUT2D eigenvalue weighted by Gasteiger charge is -2.34. The van der Waals surface area contributed by atoms with Crippen LogP contribution >= 0.6 is 0 Å². The van der Waals surface area contributed by atoms with Gasteiger partial charge in [0.25, 0.3) is 5.69 Å². The highest BCUT2D eigenvalue weighted by Gasteiger charge is 2.33. The number of nitrogens with zero attached hydrogens (tertiary/aromatic N) is 2. The summed E-state index contributed by atoms with van der Waals surface area (Å²) < 4.78 is 26.9. The minimum Gasteiger partial charge on any atom is -0.318 e. The molecule has 1 saturated heterocycles. The Bertz CT molecular complexity index is 616. The van der Waals surface area contributed by atoms with Crippen molar-refractivity contribution in [3.8, 4) is 0 Å². The quantitative estimate of drug-likeness (QED) is 0.654. The van der Waals surface area contributed by atoms with Gasteiger partial charge in [-0.05, 0) is 26.0 Å². The molecule has 1 aliphatic heterocycles. The van der Waals surface area contributed by atoms with Crippen molar-refractivity contribution in [1.29, 1.82) is 0 Å². The molecule has 1 fully saturated rings. The summed E-state index contributed by atoms with van der Waals surface area (Å²) in [6, 6.07) is 5.13. The molecule has 0 aromatic heterocycles. The van der Waals surface area contributed by atoms with E-state index in [-0.39, 0.29) is 16.6 Å². The Morgan fingerprint density at radius 3 is 2.86 bits per heavy atom. The van der Waals surface area contributed by atoms with Crippen LogP contribution in [0.15, 0.2) is 29.2 Å². The zero-order valence-electron chi connectivity index (χ0n) is 11.9. The van der Waals surface area contributed by atoms with Crippen molar-refractivity contribution in [3.63, 3.8) is 0 Å². The number of nitro benzene ring substituents is 1. The molecule has 0 amide bonds. The van der Waals surface area contributed by atoms with Gasteiger partial charge in [0, 0.05) is 31.3 Å². The third kappa shape index (κ3) is 3.39. The maximum absolute atomic E-state index is 12.7. The third-order valence-corrected chi connectivity index (χ3v) is 5.60. The fraction of sp³-hybridized carbons (Fsp3) is 0.538. The number of benzene rings is 1. The van der Waals surface area contributed by atoms with E-state index in [1.54, 1.807) is 7.05 Å². The predicted molar refractivity (Wildman–Crippen MR) is 78.6 cm³/mol. The van der Waals surface area contributed by atoms with E-state index >= 15 is 0 Å². The van der Waals surface area contributed by atoms with Gasteiger partial charge in [-0.25, -0.2) is 8.42 Å². The van der Waals surface area contributed by atoms with Gasteiger partial charge in [-0.2, -0.15) is 4.31 Å². The molecule has 116 valence electrons. The third-order valence-electron chi connectivity index (χ3n) is 3.65. The van der Waals surface area contributed by atoms with Crippen molar-refractivity contribution in [2.24, 2.45) is 0 Å². The molecule has 0 radical (unpaired) electrons. The first-order chi connectivity index (χ1) is 9.96. The second-order valence-electron chi connectivity index (χ2n) is 5.08. The number of piperidine rings is 1. The van der Waals surface area contributed by atoms with Crippen LogP contribution in [0.2, 0.25) is 0 Å². The molecule has 1 aromatic carbocycles. The second-order valence-corrected chi connectivity index (χ2v) is 6.97. The maximum Gasteiger partial charge on any atom is 0.270 e. The van der Waals surface area contributed by atoms with E-state index in [1.807, 2.05) is 0 Å². The Balaban J connectivity index is 2.35. The molecule has 2 rings (SSSR count). The molecule has 21 heavy (non-hydrogen) atoms. The van der Waals surface area contributed by atoms with Crippen molar-refractivity contribution >= 4 is 15.7 Å². The van der Waals surface area contributed by atoms with Crippen LogP contribution in [-0.2, 0) is 10.0 Å². The van der Waals surface area contributed by atoms with Gasteiger partial charge in [-0.1, -0.05) is 12.5 Å². The average Bonchev–Trinajstić information content (AvgIpc) is 2.48. The summed E-state index contributed by atoms with van der Waals surface area (Å²) in [6.45, 7) is 1.03. The lowest BCUT2D eigenvalue weighted by molar-refractivity contribution is -0.385. The second kappa shape index (κ2) is 6.50. The van der Waals surface area contributed by atoms with Crippen molar-refractivity contribution < 1.29 is 13.3 Å². The molecule has 0 saturated carbocycles. The molecular formula is C13H19N3O4S. The van der Waals surface area contributed by atoms with Crippen LogP contribution in [0, 0.1) is 10.1 Å². The van der Waals surface area contributed by atoms with Crippen LogP contribution < -0.4 is 5.32 Å².